The van der Waals surface area contributed by atoms with Crippen molar-refractivity contribution in [2.45, 2.75) is 24.0 Å². The molecule has 134 valence electrons. The molecule has 0 radical (unpaired) electrons. The van der Waals surface area contributed by atoms with E-state index in [0.29, 0.717) is 17.3 Å². The normalized spacial score (nSPS) is 13.4. The van der Waals surface area contributed by atoms with E-state index in [1.54, 1.807) is 6.07 Å². The fourth-order valence-corrected chi connectivity index (χ4v) is 2.84. The maximum atomic E-state index is 14.0. The number of halogens is 5. The van der Waals surface area contributed by atoms with Crippen molar-refractivity contribution in [2.75, 3.05) is 5.75 Å². The number of alkyl halides is 3. The van der Waals surface area contributed by atoms with Crippen LogP contribution in [0.1, 0.15) is 17.2 Å². The maximum absolute atomic E-state index is 14.0. The number of aryl methyl sites for hydroxylation is 1. The first-order valence-electron chi connectivity index (χ1n) is 7.21. The van der Waals surface area contributed by atoms with Crippen LogP contribution in [0.4, 0.5) is 27.6 Å². The number of aliphatic imine (C=N–C) groups is 1. The highest BCUT2D eigenvalue weighted by atomic mass is 32.2. The van der Waals surface area contributed by atoms with Crippen molar-refractivity contribution in [3.8, 4) is 0 Å². The topological polar surface area (TPSA) is 38.4 Å². The number of rotatable bonds is 5. The fraction of sp³-hybridized carbons (Fsp3) is 0.235. The summed E-state index contributed by atoms with van der Waals surface area (Å²) < 4.78 is 64.7. The summed E-state index contributed by atoms with van der Waals surface area (Å²) in [5.74, 6) is -2.30. The summed E-state index contributed by atoms with van der Waals surface area (Å²) in [7, 11) is 0. The second-order valence-electron chi connectivity index (χ2n) is 5.30. The Bertz CT molecular complexity index is 774. The van der Waals surface area contributed by atoms with Crippen molar-refractivity contribution < 1.29 is 22.0 Å². The average Bonchev–Trinajstić information content (AvgIpc) is 2.52. The summed E-state index contributed by atoms with van der Waals surface area (Å²) >= 11 is 0.553. The van der Waals surface area contributed by atoms with Gasteiger partial charge in [-0.1, -0.05) is 18.2 Å². The van der Waals surface area contributed by atoms with E-state index in [9.17, 15) is 22.0 Å². The average molecular weight is 374 g/mol. The van der Waals surface area contributed by atoms with Gasteiger partial charge in [0.25, 0.3) is 0 Å². The van der Waals surface area contributed by atoms with Gasteiger partial charge in [-0.2, -0.15) is 13.2 Å². The second-order valence-corrected chi connectivity index (χ2v) is 6.32. The molecule has 2 aromatic rings. The molecule has 1 atom stereocenters. The number of nitrogens with two attached hydrogens (primary N) is 1. The zero-order valence-electron chi connectivity index (χ0n) is 13.1. The molecule has 8 heteroatoms. The number of thioether (sulfide) groups is 1. The van der Waals surface area contributed by atoms with Gasteiger partial charge in [0.15, 0.2) is 0 Å². The first-order valence-corrected chi connectivity index (χ1v) is 8.20. The van der Waals surface area contributed by atoms with Crippen LogP contribution < -0.4 is 5.73 Å². The molecule has 25 heavy (non-hydrogen) atoms. The van der Waals surface area contributed by atoms with Crippen LogP contribution in [0.15, 0.2) is 46.3 Å². The number of hydrogen-bond donors (Lipinski definition) is 1. The van der Waals surface area contributed by atoms with Crippen molar-refractivity contribution in [3.05, 3.63) is 59.2 Å². The van der Waals surface area contributed by atoms with Gasteiger partial charge in [0.05, 0.1) is 17.5 Å². The van der Waals surface area contributed by atoms with Gasteiger partial charge in [-0.3, -0.25) is 4.99 Å². The van der Waals surface area contributed by atoms with Gasteiger partial charge in [-0.25, -0.2) is 8.78 Å². The molecule has 0 aliphatic rings. The first-order chi connectivity index (χ1) is 11.7. The lowest BCUT2D eigenvalue weighted by molar-refractivity contribution is -0.105. The summed E-state index contributed by atoms with van der Waals surface area (Å²) in [6, 6.07) is 7.25. The van der Waals surface area contributed by atoms with Crippen molar-refractivity contribution in [1.82, 2.24) is 0 Å². The van der Waals surface area contributed by atoms with Crippen LogP contribution in [0, 0.1) is 18.6 Å². The highest BCUT2D eigenvalue weighted by Gasteiger charge is 2.27. The SMILES string of the molecule is Cc1cc(F)c(N=CC(N)c2ccccc2F)cc1SCC(F)(F)F. The minimum atomic E-state index is -4.33. The Hall–Kier alpha value is -1.93. The van der Waals surface area contributed by atoms with Crippen molar-refractivity contribution in [3.63, 3.8) is 0 Å². The largest absolute Gasteiger partial charge is 0.398 e. The lowest BCUT2D eigenvalue weighted by Crippen LogP contribution is -2.13. The summed E-state index contributed by atoms with van der Waals surface area (Å²) in [5, 5.41) is 0. The maximum Gasteiger partial charge on any atom is 0.398 e. The fourth-order valence-electron chi connectivity index (χ4n) is 2.04. The molecule has 0 heterocycles. The molecule has 2 aromatic carbocycles. The van der Waals surface area contributed by atoms with Crippen LogP contribution in [-0.4, -0.2) is 18.1 Å². The van der Waals surface area contributed by atoms with Crippen LogP contribution >= 0.6 is 11.8 Å². The monoisotopic (exact) mass is 374 g/mol. The predicted molar refractivity (Wildman–Crippen MR) is 89.4 cm³/mol. The number of nitrogens with zero attached hydrogens (tertiary/aromatic N) is 1. The molecule has 2 nitrogen and oxygen atoms in total. The number of hydrogen-bond acceptors (Lipinski definition) is 3. The minimum Gasteiger partial charge on any atom is -0.319 e. The van der Waals surface area contributed by atoms with Crippen LogP contribution in [-0.2, 0) is 0 Å². The molecule has 0 aliphatic heterocycles. The second kappa shape index (κ2) is 7.97. The molecule has 0 fully saturated rings. The summed E-state index contributed by atoms with van der Waals surface area (Å²) in [6.07, 6.45) is -3.17. The predicted octanol–water partition coefficient (Wildman–Crippen LogP) is 5.33. The Morgan fingerprint density at radius 3 is 2.48 bits per heavy atom. The zero-order valence-corrected chi connectivity index (χ0v) is 14.0. The standard InChI is InChI=1S/C17H15F5N2S/c1-10-6-13(19)15(7-16(10)25-9-17(20,21)22)24-8-14(23)11-4-2-3-5-12(11)18/h2-8,14H,9,23H2,1H3. The molecule has 0 saturated heterocycles. The summed E-state index contributed by atoms with van der Waals surface area (Å²) in [6.45, 7) is 1.51. The Balaban J connectivity index is 2.22. The molecular formula is C17H15F5N2S. The van der Waals surface area contributed by atoms with Gasteiger partial charge < -0.3 is 5.73 Å². The van der Waals surface area contributed by atoms with E-state index in [1.165, 1.54) is 31.2 Å². The van der Waals surface area contributed by atoms with Crippen molar-refractivity contribution >= 4 is 23.7 Å². The molecule has 0 spiro atoms. The van der Waals surface area contributed by atoms with Crippen molar-refractivity contribution in [1.29, 1.82) is 0 Å². The summed E-state index contributed by atoms with van der Waals surface area (Å²) in [5.41, 5.74) is 6.23. The highest BCUT2D eigenvalue weighted by Crippen LogP contribution is 2.33. The van der Waals surface area contributed by atoms with E-state index in [-0.39, 0.29) is 16.1 Å². The quantitative estimate of drug-likeness (QED) is 0.436. The third kappa shape index (κ3) is 5.54. The van der Waals surface area contributed by atoms with Crippen LogP contribution in [0.25, 0.3) is 0 Å². The number of benzene rings is 2. The Kier molecular flexibility index (Phi) is 6.18. The zero-order chi connectivity index (χ0) is 18.6. The van der Waals surface area contributed by atoms with Crippen LogP contribution in [0.2, 0.25) is 0 Å². The first kappa shape index (κ1) is 19.4. The van der Waals surface area contributed by atoms with Crippen LogP contribution in [0.5, 0.6) is 0 Å². The van der Waals surface area contributed by atoms with E-state index in [1.807, 2.05) is 0 Å². The molecule has 2 rings (SSSR count). The van der Waals surface area contributed by atoms with E-state index in [0.717, 1.165) is 12.3 Å². The van der Waals surface area contributed by atoms with E-state index in [2.05, 4.69) is 4.99 Å². The van der Waals surface area contributed by atoms with Gasteiger partial charge in [-0.15, -0.1) is 11.8 Å². The molecule has 2 N–H and O–H groups in total. The summed E-state index contributed by atoms with van der Waals surface area (Å²) in [4.78, 5) is 4.15. The highest BCUT2D eigenvalue weighted by molar-refractivity contribution is 7.99. The molecule has 0 aliphatic carbocycles. The molecule has 0 saturated carbocycles. The molecule has 1 unspecified atom stereocenters. The van der Waals surface area contributed by atoms with Gasteiger partial charge in [0.1, 0.15) is 11.6 Å². The van der Waals surface area contributed by atoms with Crippen molar-refractivity contribution in [2.24, 2.45) is 10.7 Å². The molecule has 0 aromatic heterocycles. The third-order valence-electron chi connectivity index (χ3n) is 3.27. The molecular weight excluding hydrogens is 359 g/mol. The van der Waals surface area contributed by atoms with E-state index < -0.39 is 29.6 Å². The Morgan fingerprint density at radius 2 is 1.84 bits per heavy atom. The minimum absolute atomic E-state index is 0.151. The van der Waals surface area contributed by atoms with Crippen LogP contribution in [0.3, 0.4) is 0 Å². The van der Waals surface area contributed by atoms with Gasteiger partial charge in [0.2, 0.25) is 0 Å². The van der Waals surface area contributed by atoms with E-state index in [4.69, 9.17) is 5.73 Å². The smallest absolute Gasteiger partial charge is 0.319 e. The molecule has 0 bridgehead atoms. The lowest BCUT2D eigenvalue weighted by Gasteiger charge is -2.10. The Labute approximate surface area is 145 Å². The lowest BCUT2D eigenvalue weighted by atomic mass is 10.1. The Morgan fingerprint density at radius 1 is 1.16 bits per heavy atom. The third-order valence-corrected chi connectivity index (χ3v) is 4.50. The van der Waals surface area contributed by atoms with E-state index >= 15 is 0 Å². The van der Waals surface area contributed by atoms with Gasteiger partial charge in [-0.05, 0) is 30.7 Å². The van der Waals surface area contributed by atoms with Gasteiger partial charge >= 0.3 is 6.18 Å². The molecule has 0 amide bonds. The van der Waals surface area contributed by atoms with Gasteiger partial charge in [0, 0.05) is 16.7 Å².